The molecule has 0 bridgehead atoms. The quantitative estimate of drug-likeness (QED) is 0.372. The molecule has 1 aromatic rings. The lowest BCUT2D eigenvalue weighted by Gasteiger charge is -2.03. The van der Waals surface area contributed by atoms with Gasteiger partial charge in [-0.3, -0.25) is 14.9 Å². The number of para-hydroxylation sites is 1. The Morgan fingerprint density at radius 1 is 1.47 bits per heavy atom. The molecule has 0 unspecified atom stereocenters. The minimum absolute atomic E-state index is 0.0713. The van der Waals surface area contributed by atoms with Crippen molar-refractivity contribution in [2.75, 3.05) is 6.54 Å². The van der Waals surface area contributed by atoms with Crippen LogP contribution in [0.5, 0.6) is 0 Å². The summed E-state index contributed by atoms with van der Waals surface area (Å²) in [4.78, 5) is 21.8. The third-order valence-electron chi connectivity index (χ3n) is 2.06. The van der Waals surface area contributed by atoms with Crippen LogP contribution in [0.2, 0.25) is 0 Å². The van der Waals surface area contributed by atoms with Gasteiger partial charge < -0.3 is 5.32 Å². The maximum Gasteiger partial charge on any atom is 0.282 e. The highest BCUT2D eigenvalue weighted by molar-refractivity contribution is 5.98. The fraction of sp³-hybridized carbons (Fsp3) is 0.250. The van der Waals surface area contributed by atoms with Crippen LogP contribution in [0.1, 0.15) is 23.7 Å². The first kappa shape index (κ1) is 12.7. The number of amides is 1. The molecule has 5 heteroatoms. The topological polar surface area (TPSA) is 72.2 Å². The zero-order valence-electron chi connectivity index (χ0n) is 9.40. The number of nitro groups is 1. The van der Waals surface area contributed by atoms with E-state index in [0.717, 1.165) is 0 Å². The van der Waals surface area contributed by atoms with Crippen LogP contribution in [0.15, 0.2) is 24.3 Å². The molecular formula is C12H12N2O3. The third-order valence-corrected chi connectivity index (χ3v) is 2.06. The van der Waals surface area contributed by atoms with E-state index in [9.17, 15) is 14.9 Å². The molecule has 0 saturated carbocycles. The van der Waals surface area contributed by atoms with Crippen molar-refractivity contribution >= 4 is 11.6 Å². The highest BCUT2D eigenvalue weighted by Crippen LogP contribution is 2.16. The van der Waals surface area contributed by atoms with Crippen molar-refractivity contribution in [2.24, 2.45) is 0 Å². The maximum atomic E-state index is 11.7. The molecule has 1 rings (SSSR count). The van der Waals surface area contributed by atoms with Crippen LogP contribution < -0.4 is 5.32 Å². The van der Waals surface area contributed by atoms with Gasteiger partial charge in [0.1, 0.15) is 5.56 Å². The van der Waals surface area contributed by atoms with Gasteiger partial charge in [0.15, 0.2) is 0 Å². The molecule has 1 amide bonds. The van der Waals surface area contributed by atoms with E-state index >= 15 is 0 Å². The van der Waals surface area contributed by atoms with Gasteiger partial charge in [-0.2, -0.15) is 0 Å². The Kier molecular flexibility index (Phi) is 4.70. The summed E-state index contributed by atoms with van der Waals surface area (Å²) in [6.45, 7) is 2.09. The lowest BCUT2D eigenvalue weighted by molar-refractivity contribution is -0.385. The summed E-state index contributed by atoms with van der Waals surface area (Å²) < 4.78 is 0. The van der Waals surface area contributed by atoms with Crippen LogP contribution in [-0.2, 0) is 0 Å². The number of nitro benzene ring substituents is 1. The van der Waals surface area contributed by atoms with Gasteiger partial charge >= 0.3 is 0 Å². The minimum atomic E-state index is -0.569. The largest absolute Gasteiger partial charge is 0.351 e. The van der Waals surface area contributed by atoms with E-state index in [1.807, 2.05) is 0 Å². The molecule has 88 valence electrons. The molecule has 0 radical (unpaired) electrons. The number of rotatable bonds is 4. The Hall–Kier alpha value is -2.35. The number of hydrogen-bond donors (Lipinski definition) is 1. The van der Waals surface area contributed by atoms with Gasteiger partial charge in [-0.05, 0) is 13.0 Å². The molecule has 0 atom stereocenters. The Morgan fingerprint density at radius 2 is 2.18 bits per heavy atom. The first-order valence-electron chi connectivity index (χ1n) is 5.08. The fourth-order valence-corrected chi connectivity index (χ4v) is 1.28. The normalized spacial score (nSPS) is 9.00. The van der Waals surface area contributed by atoms with Gasteiger partial charge in [-0.15, -0.1) is 11.8 Å². The lowest BCUT2D eigenvalue weighted by Crippen LogP contribution is -2.24. The van der Waals surface area contributed by atoms with Crippen LogP contribution in [0.25, 0.3) is 0 Å². The summed E-state index contributed by atoms with van der Waals surface area (Å²) in [5.74, 6) is 5.05. The summed E-state index contributed by atoms with van der Waals surface area (Å²) in [6, 6.07) is 5.85. The van der Waals surface area contributed by atoms with E-state index in [1.165, 1.54) is 18.2 Å². The second kappa shape index (κ2) is 6.28. The number of hydrogen-bond acceptors (Lipinski definition) is 3. The molecule has 0 saturated heterocycles. The first-order valence-corrected chi connectivity index (χ1v) is 5.08. The van der Waals surface area contributed by atoms with Crippen molar-refractivity contribution in [1.82, 2.24) is 5.32 Å². The van der Waals surface area contributed by atoms with Crippen molar-refractivity contribution in [1.29, 1.82) is 0 Å². The standard InChI is InChI=1S/C12H12N2O3/c1-2-3-6-9-13-12(15)10-7-4-5-8-11(10)14(16)17/h4-5,7-8H,6,9H2,1H3,(H,13,15). The molecule has 1 N–H and O–H groups in total. The number of carbonyl (C=O) groups excluding carboxylic acids is 1. The number of nitrogens with one attached hydrogen (secondary N) is 1. The smallest absolute Gasteiger partial charge is 0.282 e. The van der Waals surface area contributed by atoms with Crippen molar-refractivity contribution in [3.05, 3.63) is 39.9 Å². The molecular weight excluding hydrogens is 220 g/mol. The molecule has 0 heterocycles. The number of nitrogens with zero attached hydrogens (tertiary/aromatic N) is 1. The molecule has 0 spiro atoms. The van der Waals surface area contributed by atoms with Crippen LogP contribution in [0, 0.1) is 22.0 Å². The molecule has 0 aliphatic heterocycles. The predicted octanol–water partition coefficient (Wildman–Crippen LogP) is 1.74. The first-order chi connectivity index (χ1) is 8.16. The van der Waals surface area contributed by atoms with Crippen molar-refractivity contribution in [2.45, 2.75) is 13.3 Å². The van der Waals surface area contributed by atoms with Crippen LogP contribution in [-0.4, -0.2) is 17.4 Å². The van der Waals surface area contributed by atoms with Gasteiger partial charge in [-0.25, -0.2) is 0 Å². The maximum absolute atomic E-state index is 11.7. The van der Waals surface area contributed by atoms with Crippen LogP contribution in [0.4, 0.5) is 5.69 Å². The van der Waals surface area contributed by atoms with Crippen LogP contribution >= 0.6 is 0 Å². The predicted molar refractivity (Wildman–Crippen MR) is 63.5 cm³/mol. The summed E-state index contributed by atoms with van der Waals surface area (Å²) in [5, 5.41) is 13.3. The molecule has 0 aromatic heterocycles. The SMILES string of the molecule is CC#CCCNC(=O)c1ccccc1[N+](=O)[O-]. The average Bonchev–Trinajstić information content (AvgIpc) is 2.34. The van der Waals surface area contributed by atoms with Gasteiger partial charge in [0, 0.05) is 19.0 Å². The Bertz CT molecular complexity index is 486. The minimum Gasteiger partial charge on any atom is -0.351 e. The van der Waals surface area contributed by atoms with E-state index in [-0.39, 0.29) is 11.3 Å². The van der Waals surface area contributed by atoms with Gasteiger partial charge in [-0.1, -0.05) is 12.1 Å². The lowest BCUT2D eigenvalue weighted by atomic mass is 10.1. The van der Waals surface area contributed by atoms with E-state index < -0.39 is 10.8 Å². The summed E-state index contributed by atoms with van der Waals surface area (Å²) in [5.41, 5.74) is -0.117. The second-order valence-corrected chi connectivity index (χ2v) is 3.21. The summed E-state index contributed by atoms with van der Waals surface area (Å²) in [7, 11) is 0. The Balaban J connectivity index is 2.74. The highest BCUT2D eigenvalue weighted by atomic mass is 16.6. The highest BCUT2D eigenvalue weighted by Gasteiger charge is 2.18. The third kappa shape index (κ3) is 3.61. The zero-order chi connectivity index (χ0) is 12.7. The van der Waals surface area contributed by atoms with Crippen LogP contribution in [0.3, 0.4) is 0 Å². The summed E-state index contributed by atoms with van der Waals surface area (Å²) >= 11 is 0. The Morgan fingerprint density at radius 3 is 2.82 bits per heavy atom. The average molecular weight is 232 g/mol. The zero-order valence-corrected chi connectivity index (χ0v) is 9.40. The number of carbonyl (C=O) groups is 1. The van der Waals surface area contributed by atoms with Gasteiger partial charge in [0.2, 0.25) is 0 Å². The second-order valence-electron chi connectivity index (χ2n) is 3.21. The molecule has 0 aliphatic carbocycles. The number of benzene rings is 1. The Labute approximate surface area is 99.0 Å². The van der Waals surface area contributed by atoms with Gasteiger partial charge in [0.05, 0.1) is 4.92 Å². The van der Waals surface area contributed by atoms with E-state index in [1.54, 1.807) is 13.0 Å². The monoisotopic (exact) mass is 232 g/mol. The van der Waals surface area contributed by atoms with E-state index in [4.69, 9.17) is 0 Å². The van der Waals surface area contributed by atoms with Crippen molar-refractivity contribution in [3.8, 4) is 11.8 Å². The van der Waals surface area contributed by atoms with Gasteiger partial charge in [0.25, 0.3) is 11.6 Å². The van der Waals surface area contributed by atoms with E-state index in [0.29, 0.717) is 13.0 Å². The molecule has 5 nitrogen and oxygen atoms in total. The molecule has 0 fully saturated rings. The summed E-state index contributed by atoms with van der Waals surface area (Å²) in [6.07, 6.45) is 0.531. The molecule has 1 aromatic carbocycles. The molecule has 17 heavy (non-hydrogen) atoms. The van der Waals surface area contributed by atoms with Crippen molar-refractivity contribution in [3.63, 3.8) is 0 Å². The fourth-order valence-electron chi connectivity index (χ4n) is 1.28. The van der Waals surface area contributed by atoms with E-state index in [2.05, 4.69) is 17.2 Å². The van der Waals surface area contributed by atoms with Crippen molar-refractivity contribution < 1.29 is 9.72 Å². The molecule has 0 aliphatic rings.